The summed E-state index contributed by atoms with van der Waals surface area (Å²) in [5.41, 5.74) is 1.27. The summed E-state index contributed by atoms with van der Waals surface area (Å²) in [7, 11) is 0. The van der Waals surface area contributed by atoms with Crippen molar-refractivity contribution >= 4 is 0 Å². The minimum absolute atomic E-state index is 0.523. The van der Waals surface area contributed by atoms with Gasteiger partial charge in [-0.25, -0.2) is 0 Å². The van der Waals surface area contributed by atoms with Crippen molar-refractivity contribution in [3.63, 3.8) is 0 Å². The summed E-state index contributed by atoms with van der Waals surface area (Å²) in [6, 6.07) is 0.523. The van der Waals surface area contributed by atoms with Gasteiger partial charge in [0.1, 0.15) is 0 Å². The van der Waals surface area contributed by atoms with Crippen LogP contribution in [0.3, 0.4) is 0 Å². The summed E-state index contributed by atoms with van der Waals surface area (Å²) in [6.45, 7) is 8.47. The molecule has 0 amide bonds. The third-order valence-corrected chi connectivity index (χ3v) is 2.39. The molecule has 0 aliphatic rings. The van der Waals surface area contributed by atoms with Gasteiger partial charge in [0.15, 0.2) is 0 Å². The van der Waals surface area contributed by atoms with Crippen molar-refractivity contribution in [3.8, 4) is 0 Å². The maximum absolute atomic E-state index is 4.36. The maximum atomic E-state index is 4.36. The Hall–Kier alpha value is -0.830. The standard InChI is InChI=1S/C11H21N3/c1-4-6-10(3)14-9-11(8-13-14)7-12-5-2/h8-10,12H,4-7H2,1-3H3. The fourth-order valence-corrected chi connectivity index (χ4v) is 1.53. The minimum atomic E-state index is 0.523. The van der Waals surface area contributed by atoms with Crippen LogP contribution >= 0.6 is 0 Å². The average Bonchev–Trinajstić information content (AvgIpc) is 2.63. The van der Waals surface area contributed by atoms with Crippen LogP contribution in [0.1, 0.15) is 45.2 Å². The molecule has 0 radical (unpaired) electrons. The van der Waals surface area contributed by atoms with Crippen LogP contribution in [0, 0.1) is 0 Å². The number of nitrogens with zero attached hydrogens (tertiary/aromatic N) is 2. The van der Waals surface area contributed by atoms with Gasteiger partial charge >= 0.3 is 0 Å². The normalized spacial score (nSPS) is 13.1. The molecule has 1 heterocycles. The van der Waals surface area contributed by atoms with E-state index in [0.717, 1.165) is 13.1 Å². The van der Waals surface area contributed by atoms with Gasteiger partial charge in [-0.15, -0.1) is 0 Å². The topological polar surface area (TPSA) is 29.9 Å². The molecule has 1 rings (SSSR count). The second-order valence-electron chi connectivity index (χ2n) is 3.75. The molecule has 1 unspecified atom stereocenters. The molecule has 14 heavy (non-hydrogen) atoms. The summed E-state index contributed by atoms with van der Waals surface area (Å²) in [6.07, 6.45) is 6.50. The van der Waals surface area contributed by atoms with E-state index >= 15 is 0 Å². The molecule has 1 N–H and O–H groups in total. The van der Waals surface area contributed by atoms with Gasteiger partial charge in [0.05, 0.1) is 6.20 Å². The smallest absolute Gasteiger partial charge is 0.0534 e. The van der Waals surface area contributed by atoms with Crippen molar-refractivity contribution in [3.05, 3.63) is 18.0 Å². The molecule has 0 bridgehead atoms. The van der Waals surface area contributed by atoms with Crippen LogP contribution in [-0.2, 0) is 6.54 Å². The monoisotopic (exact) mass is 195 g/mol. The van der Waals surface area contributed by atoms with Crippen LogP contribution in [0.5, 0.6) is 0 Å². The molecule has 0 fully saturated rings. The Morgan fingerprint density at radius 1 is 1.50 bits per heavy atom. The van der Waals surface area contributed by atoms with E-state index in [1.165, 1.54) is 18.4 Å². The van der Waals surface area contributed by atoms with Gasteiger partial charge in [0, 0.05) is 24.3 Å². The molecule has 0 saturated carbocycles. The summed E-state index contributed by atoms with van der Waals surface area (Å²) < 4.78 is 2.07. The average molecular weight is 195 g/mol. The Balaban J connectivity index is 2.49. The molecule has 1 aromatic rings. The Kier molecular flexibility index (Phi) is 4.66. The van der Waals surface area contributed by atoms with Crippen molar-refractivity contribution in [2.24, 2.45) is 0 Å². The first-order valence-corrected chi connectivity index (χ1v) is 5.51. The van der Waals surface area contributed by atoms with E-state index in [2.05, 4.69) is 42.1 Å². The van der Waals surface area contributed by atoms with Gasteiger partial charge in [0.2, 0.25) is 0 Å². The molecule has 0 aromatic carbocycles. The van der Waals surface area contributed by atoms with Crippen LogP contribution in [-0.4, -0.2) is 16.3 Å². The number of nitrogens with one attached hydrogen (secondary N) is 1. The lowest BCUT2D eigenvalue weighted by Gasteiger charge is -2.09. The van der Waals surface area contributed by atoms with Gasteiger partial charge < -0.3 is 5.32 Å². The van der Waals surface area contributed by atoms with E-state index in [9.17, 15) is 0 Å². The van der Waals surface area contributed by atoms with Crippen molar-refractivity contribution in [1.29, 1.82) is 0 Å². The lowest BCUT2D eigenvalue weighted by atomic mass is 10.2. The number of rotatable bonds is 6. The fraction of sp³-hybridized carbons (Fsp3) is 0.727. The van der Waals surface area contributed by atoms with E-state index in [-0.39, 0.29) is 0 Å². The zero-order valence-corrected chi connectivity index (χ0v) is 9.45. The molecular formula is C11H21N3. The largest absolute Gasteiger partial charge is 0.313 e. The molecule has 1 aromatic heterocycles. The zero-order valence-electron chi connectivity index (χ0n) is 9.45. The Labute approximate surface area is 86.5 Å². The predicted molar refractivity (Wildman–Crippen MR) is 59.2 cm³/mol. The predicted octanol–water partition coefficient (Wildman–Crippen LogP) is 2.35. The second kappa shape index (κ2) is 5.81. The van der Waals surface area contributed by atoms with Crippen molar-refractivity contribution < 1.29 is 0 Å². The lowest BCUT2D eigenvalue weighted by Crippen LogP contribution is -2.11. The third-order valence-electron chi connectivity index (χ3n) is 2.39. The lowest BCUT2D eigenvalue weighted by molar-refractivity contribution is 0.454. The summed E-state index contributed by atoms with van der Waals surface area (Å²) in [4.78, 5) is 0. The van der Waals surface area contributed by atoms with Crippen LogP contribution in [0.15, 0.2) is 12.4 Å². The molecule has 0 aliphatic heterocycles. The van der Waals surface area contributed by atoms with Gasteiger partial charge in [-0.1, -0.05) is 20.3 Å². The zero-order chi connectivity index (χ0) is 10.4. The fourth-order valence-electron chi connectivity index (χ4n) is 1.53. The Morgan fingerprint density at radius 3 is 2.93 bits per heavy atom. The van der Waals surface area contributed by atoms with Gasteiger partial charge in [-0.2, -0.15) is 5.10 Å². The molecular weight excluding hydrogens is 174 g/mol. The van der Waals surface area contributed by atoms with Crippen molar-refractivity contribution in [1.82, 2.24) is 15.1 Å². The number of hydrogen-bond donors (Lipinski definition) is 1. The first kappa shape index (κ1) is 11.2. The minimum Gasteiger partial charge on any atom is -0.313 e. The highest BCUT2D eigenvalue weighted by atomic mass is 15.3. The first-order chi connectivity index (χ1) is 6.77. The molecule has 80 valence electrons. The highest BCUT2D eigenvalue weighted by molar-refractivity contribution is 5.03. The second-order valence-corrected chi connectivity index (χ2v) is 3.75. The van der Waals surface area contributed by atoms with Crippen LogP contribution < -0.4 is 5.32 Å². The summed E-state index contributed by atoms with van der Waals surface area (Å²) in [5.74, 6) is 0. The van der Waals surface area contributed by atoms with Gasteiger partial charge in [-0.3, -0.25) is 4.68 Å². The van der Waals surface area contributed by atoms with Crippen LogP contribution in [0.25, 0.3) is 0 Å². The quantitative estimate of drug-likeness (QED) is 0.755. The van der Waals surface area contributed by atoms with Crippen molar-refractivity contribution in [2.75, 3.05) is 6.54 Å². The molecule has 0 saturated heterocycles. The Morgan fingerprint density at radius 2 is 2.29 bits per heavy atom. The van der Waals surface area contributed by atoms with Gasteiger partial charge in [-0.05, 0) is 19.9 Å². The van der Waals surface area contributed by atoms with E-state index < -0.39 is 0 Å². The maximum Gasteiger partial charge on any atom is 0.0534 e. The van der Waals surface area contributed by atoms with E-state index in [1.807, 2.05) is 6.20 Å². The SMILES string of the molecule is CCCC(C)n1cc(CNCC)cn1. The number of hydrogen-bond acceptors (Lipinski definition) is 2. The van der Waals surface area contributed by atoms with Crippen LogP contribution in [0.2, 0.25) is 0 Å². The van der Waals surface area contributed by atoms with E-state index in [1.54, 1.807) is 0 Å². The highest BCUT2D eigenvalue weighted by Gasteiger charge is 2.04. The highest BCUT2D eigenvalue weighted by Crippen LogP contribution is 2.12. The molecule has 3 nitrogen and oxygen atoms in total. The van der Waals surface area contributed by atoms with E-state index in [0.29, 0.717) is 6.04 Å². The van der Waals surface area contributed by atoms with Gasteiger partial charge in [0.25, 0.3) is 0 Å². The molecule has 0 aliphatic carbocycles. The molecule has 0 spiro atoms. The molecule has 3 heteroatoms. The summed E-state index contributed by atoms with van der Waals surface area (Å²) >= 11 is 0. The first-order valence-electron chi connectivity index (χ1n) is 5.51. The molecule has 1 atom stereocenters. The van der Waals surface area contributed by atoms with Crippen molar-refractivity contribution in [2.45, 2.75) is 46.2 Å². The number of aromatic nitrogens is 2. The van der Waals surface area contributed by atoms with Crippen LogP contribution in [0.4, 0.5) is 0 Å². The third kappa shape index (κ3) is 3.14. The Bertz CT molecular complexity index is 255. The van der Waals surface area contributed by atoms with E-state index in [4.69, 9.17) is 0 Å². The summed E-state index contributed by atoms with van der Waals surface area (Å²) in [5, 5.41) is 7.66.